The van der Waals surface area contributed by atoms with Crippen molar-refractivity contribution in [2.75, 3.05) is 6.61 Å². The molecule has 0 heterocycles. The van der Waals surface area contributed by atoms with E-state index in [1.54, 1.807) is 0 Å². The van der Waals surface area contributed by atoms with E-state index in [1.165, 1.54) is 109 Å². The predicted molar refractivity (Wildman–Crippen MR) is 241 cm³/mol. The lowest BCUT2D eigenvalue weighted by Crippen LogP contribution is -2.46. The van der Waals surface area contributed by atoms with Gasteiger partial charge in [0.1, 0.15) is 6.10 Å². The molecule has 0 aromatic rings. The Morgan fingerprint density at radius 3 is 1.46 bits per heavy atom. The Labute approximate surface area is 347 Å². The Kier molecular flexibility index (Phi) is 42.7. The van der Waals surface area contributed by atoms with Gasteiger partial charge in [-0.15, -0.1) is 0 Å². The van der Waals surface area contributed by atoms with Crippen LogP contribution in [0.1, 0.15) is 245 Å². The second kappa shape index (κ2) is 44.2. The molecule has 56 heavy (non-hydrogen) atoms. The summed E-state index contributed by atoms with van der Waals surface area (Å²) in [5.41, 5.74) is 0. The van der Waals surface area contributed by atoms with Crippen LogP contribution in [0.4, 0.5) is 0 Å². The Morgan fingerprint density at radius 2 is 0.964 bits per heavy atom. The van der Waals surface area contributed by atoms with Crippen LogP contribution in [-0.2, 0) is 14.3 Å². The molecule has 0 aromatic carbocycles. The zero-order valence-electron chi connectivity index (χ0n) is 37.3. The molecular formula is C50H93NO5. The van der Waals surface area contributed by atoms with E-state index in [1.807, 2.05) is 0 Å². The van der Waals surface area contributed by atoms with Crippen molar-refractivity contribution in [2.45, 2.75) is 264 Å². The number of nitrogens with one attached hydrogen (secondary N) is 1. The van der Waals surface area contributed by atoms with Crippen molar-refractivity contribution in [3.8, 4) is 0 Å². The summed E-state index contributed by atoms with van der Waals surface area (Å²) in [7, 11) is 0. The summed E-state index contributed by atoms with van der Waals surface area (Å²) in [6.07, 6.45) is 50.6. The summed E-state index contributed by atoms with van der Waals surface area (Å²) in [5, 5.41) is 23.7. The molecule has 0 saturated carbocycles. The Morgan fingerprint density at radius 1 is 0.536 bits per heavy atom. The number of aliphatic hydroxyl groups excluding tert-OH is 2. The standard InChI is InChI=1S/C50H93NO5/c1-4-7-10-13-16-19-22-24-26-27-29-32-35-38-41-46(56-50(55)43-40-37-34-31-21-18-15-12-9-6-3)44-49(54)51-47(45-52)48(53)42-39-36-33-30-28-25-23-20-17-14-11-8-5-2/h7,10,16,19,24,26,46-48,52-53H,4-6,8-9,11-15,17-18,20-23,25,27-45H2,1-3H3,(H,51,54)/b10-7+,19-16+,26-24+. The molecule has 0 aliphatic heterocycles. The molecule has 0 saturated heterocycles. The van der Waals surface area contributed by atoms with Crippen molar-refractivity contribution in [3.05, 3.63) is 36.5 Å². The van der Waals surface area contributed by atoms with Crippen LogP contribution < -0.4 is 5.32 Å². The maximum absolute atomic E-state index is 13.1. The lowest BCUT2D eigenvalue weighted by molar-refractivity contribution is -0.151. The zero-order chi connectivity index (χ0) is 41.0. The van der Waals surface area contributed by atoms with Crippen molar-refractivity contribution in [2.24, 2.45) is 0 Å². The van der Waals surface area contributed by atoms with Gasteiger partial charge in [-0.05, 0) is 57.8 Å². The molecule has 0 rings (SSSR count). The highest BCUT2D eigenvalue weighted by molar-refractivity contribution is 5.77. The van der Waals surface area contributed by atoms with Crippen molar-refractivity contribution in [1.29, 1.82) is 0 Å². The van der Waals surface area contributed by atoms with Gasteiger partial charge in [-0.2, -0.15) is 0 Å². The first kappa shape index (κ1) is 54.1. The summed E-state index contributed by atoms with van der Waals surface area (Å²) in [5.74, 6) is -0.491. The highest BCUT2D eigenvalue weighted by Gasteiger charge is 2.24. The molecule has 0 aromatic heterocycles. The highest BCUT2D eigenvalue weighted by atomic mass is 16.5. The normalized spacial score (nSPS) is 13.6. The number of unbranched alkanes of at least 4 members (excludes halogenated alkanes) is 25. The fourth-order valence-corrected chi connectivity index (χ4v) is 7.33. The number of rotatable bonds is 43. The van der Waals surface area contributed by atoms with E-state index in [2.05, 4.69) is 62.5 Å². The molecule has 0 fully saturated rings. The van der Waals surface area contributed by atoms with E-state index in [-0.39, 0.29) is 24.9 Å². The van der Waals surface area contributed by atoms with E-state index in [0.29, 0.717) is 19.3 Å². The molecule has 6 heteroatoms. The molecule has 328 valence electrons. The monoisotopic (exact) mass is 788 g/mol. The van der Waals surface area contributed by atoms with Crippen molar-refractivity contribution < 1.29 is 24.5 Å². The number of hydrogen-bond donors (Lipinski definition) is 3. The van der Waals surface area contributed by atoms with Crippen molar-refractivity contribution >= 4 is 11.9 Å². The lowest BCUT2D eigenvalue weighted by atomic mass is 10.0. The van der Waals surface area contributed by atoms with E-state index in [9.17, 15) is 19.8 Å². The number of allylic oxidation sites excluding steroid dienone is 6. The van der Waals surface area contributed by atoms with Gasteiger partial charge in [-0.1, -0.05) is 211 Å². The first-order valence-electron chi connectivity index (χ1n) is 24.2. The number of amides is 1. The van der Waals surface area contributed by atoms with Crippen molar-refractivity contribution in [3.63, 3.8) is 0 Å². The minimum atomic E-state index is -0.790. The molecule has 0 bridgehead atoms. The number of hydrogen-bond acceptors (Lipinski definition) is 5. The number of carbonyl (C=O) groups excluding carboxylic acids is 2. The van der Waals surface area contributed by atoms with Gasteiger partial charge in [-0.3, -0.25) is 9.59 Å². The fraction of sp³-hybridized carbons (Fsp3) is 0.840. The van der Waals surface area contributed by atoms with Gasteiger partial charge in [0.2, 0.25) is 5.91 Å². The molecule has 1 amide bonds. The van der Waals surface area contributed by atoms with Crippen LogP contribution in [-0.4, -0.2) is 46.9 Å². The van der Waals surface area contributed by atoms with E-state index in [0.717, 1.165) is 89.9 Å². The first-order chi connectivity index (χ1) is 27.5. The van der Waals surface area contributed by atoms with E-state index >= 15 is 0 Å². The average molecular weight is 788 g/mol. The summed E-state index contributed by atoms with van der Waals surface area (Å²) >= 11 is 0. The molecule has 6 nitrogen and oxygen atoms in total. The van der Waals surface area contributed by atoms with Crippen LogP contribution in [0.5, 0.6) is 0 Å². The Bertz CT molecular complexity index is 930. The molecular weight excluding hydrogens is 695 g/mol. The summed E-state index contributed by atoms with van der Waals surface area (Å²) in [6.45, 7) is 6.35. The molecule has 0 aliphatic carbocycles. The second-order valence-electron chi connectivity index (χ2n) is 16.5. The first-order valence-corrected chi connectivity index (χ1v) is 24.2. The molecule has 3 unspecified atom stereocenters. The third-order valence-corrected chi connectivity index (χ3v) is 11.0. The zero-order valence-corrected chi connectivity index (χ0v) is 37.3. The minimum absolute atomic E-state index is 0.0657. The fourth-order valence-electron chi connectivity index (χ4n) is 7.33. The van der Waals surface area contributed by atoms with E-state index < -0.39 is 18.2 Å². The lowest BCUT2D eigenvalue weighted by Gasteiger charge is -2.24. The Hall–Kier alpha value is -1.92. The highest BCUT2D eigenvalue weighted by Crippen LogP contribution is 2.18. The third-order valence-electron chi connectivity index (χ3n) is 11.0. The van der Waals surface area contributed by atoms with Crippen LogP contribution in [0, 0.1) is 0 Å². The van der Waals surface area contributed by atoms with Gasteiger partial charge >= 0.3 is 5.97 Å². The topological polar surface area (TPSA) is 95.9 Å². The SMILES string of the molecule is CC/C=C/C/C=C/C/C=C/CCCCCCC(CC(=O)NC(CO)C(O)CCCCCCCCCCCCCCC)OC(=O)CCCCCCCCCCCC. The number of aliphatic hydroxyl groups is 2. The second-order valence-corrected chi connectivity index (χ2v) is 16.5. The maximum atomic E-state index is 13.1. The maximum Gasteiger partial charge on any atom is 0.306 e. The molecule has 3 atom stereocenters. The molecule has 0 aliphatic rings. The predicted octanol–water partition coefficient (Wildman–Crippen LogP) is 14.1. The van der Waals surface area contributed by atoms with Crippen molar-refractivity contribution in [1.82, 2.24) is 5.32 Å². The average Bonchev–Trinajstić information content (AvgIpc) is 3.19. The largest absolute Gasteiger partial charge is 0.462 e. The number of ether oxygens (including phenoxy) is 1. The van der Waals surface area contributed by atoms with Gasteiger partial charge in [-0.25, -0.2) is 0 Å². The molecule has 0 radical (unpaired) electrons. The van der Waals surface area contributed by atoms with Gasteiger partial charge in [0, 0.05) is 6.42 Å². The minimum Gasteiger partial charge on any atom is -0.462 e. The summed E-state index contributed by atoms with van der Waals surface area (Å²) in [4.78, 5) is 26.0. The smallest absolute Gasteiger partial charge is 0.306 e. The molecule has 3 N–H and O–H groups in total. The number of carbonyl (C=O) groups is 2. The molecule has 0 spiro atoms. The number of esters is 1. The van der Waals surface area contributed by atoms with Gasteiger partial charge in [0.05, 0.1) is 25.2 Å². The van der Waals surface area contributed by atoms with E-state index in [4.69, 9.17) is 4.74 Å². The van der Waals surface area contributed by atoms with Crippen LogP contribution in [0.15, 0.2) is 36.5 Å². The van der Waals surface area contributed by atoms with Gasteiger partial charge in [0.25, 0.3) is 0 Å². The third kappa shape index (κ3) is 38.9. The summed E-state index contributed by atoms with van der Waals surface area (Å²) in [6, 6.07) is -0.704. The van der Waals surface area contributed by atoms with Crippen LogP contribution >= 0.6 is 0 Å². The Balaban J connectivity index is 4.59. The van der Waals surface area contributed by atoms with Crippen LogP contribution in [0.25, 0.3) is 0 Å². The summed E-state index contributed by atoms with van der Waals surface area (Å²) < 4.78 is 5.90. The van der Waals surface area contributed by atoms with Crippen LogP contribution in [0.2, 0.25) is 0 Å². The quantitative estimate of drug-likeness (QED) is 0.0325. The van der Waals surface area contributed by atoms with Gasteiger partial charge < -0.3 is 20.3 Å². The van der Waals surface area contributed by atoms with Crippen LogP contribution in [0.3, 0.4) is 0 Å². The van der Waals surface area contributed by atoms with Gasteiger partial charge in [0.15, 0.2) is 0 Å².